The van der Waals surface area contributed by atoms with E-state index in [2.05, 4.69) is 20.9 Å². The number of rotatable bonds is 2. The summed E-state index contributed by atoms with van der Waals surface area (Å²) in [5, 5.41) is 10.4. The number of hydrogen-bond acceptors (Lipinski definition) is 2. The summed E-state index contributed by atoms with van der Waals surface area (Å²) in [6.45, 7) is 0. The Hall–Kier alpha value is -1.53. The Labute approximate surface area is 133 Å². The number of aromatic nitrogens is 1. The average molecular weight is 372 g/mol. The number of aliphatic carboxylic acids is 1. The van der Waals surface area contributed by atoms with Gasteiger partial charge in [0.15, 0.2) is 0 Å². The highest BCUT2D eigenvalue weighted by atomic mass is 79.9. The van der Waals surface area contributed by atoms with Crippen molar-refractivity contribution in [3.63, 3.8) is 0 Å². The van der Waals surface area contributed by atoms with Crippen LogP contribution in [0.15, 0.2) is 10.5 Å². The van der Waals surface area contributed by atoms with Crippen molar-refractivity contribution in [1.82, 2.24) is 4.98 Å². The number of halogens is 2. The van der Waals surface area contributed by atoms with E-state index in [-0.39, 0.29) is 0 Å². The highest BCUT2D eigenvalue weighted by molar-refractivity contribution is 9.10. The molecule has 21 heavy (non-hydrogen) atoms. The number of H-pyrrole nitrogens is 1. The molecule has 2 aromatic rings. The summed E-state index contributed by atoms with van der Waals surface area (Å²) in [6, 6.07) is 1.52. The van der Waals surface area contributed by atoms with Crippen LogP contribution in [0.1, 0.15) is 28.0 Å². The molecule has 0 spiro atoms. The first-order valence-corrected chi connectivity index (χ1v) is 7.61. The van der Waals surface area contributed by atoms with Crippen LogP contribution < -0.4 is 5.73 Å². The van der Waals surface area contributed by atoms with Crippen LogP contribution in [-0.4, -0.2) is 22.0 Å². The van der Waals surface area contributed by atoms with Crippen molar-refractivity contribution in [1.29, 1.82) is 0 Å². The summed E-state index contributed by atoms with van der Waals surface area (Å²) < 4.78 is 0.704. The number of aromatic amines is 1. The van der Waals surface area contributed by atoms with Gasteiger partial charge in [0.1, 0.15) is 0 Å². The molecule has 1 aliphatic rings. The number of carboxylic acid groups (broad SMARTS) is 1. The molecule has 0 saturated heterocycles. The number of nitrogens with two attached hydrogens (primary N) is 1. The van der Waals surface area contributed by atoms with Crippen LogP contribution >= 0.6 is 27.5 Å². The van der Waals surface area contributed by atoms with E-state index in [0.29, 0.717) is 39.8 Å². The molecule has 0 aliphatic heterocycles. The van der Waals surface area contributed by atoms with E-state index in [1.807, 2.05) is 0 Å². The molecular formula is C14H12BrClN2O3. The van der Waals surface area contributed by atoms with Gasteiger partial charge in [-0.1, -0.05) is 11.6 Å². The maximum Gasteiger partial charge on any atom is 0.306 e. The second kappa shape index (κ2) is 5.03. The van der Waals surface area contributed by atoms with Gasteiger partial charge in [-0.3, -0.25) is 9.59 Å². The highest BCUT2D eigenvalue weighted by Gasteiger charge is 2.29. The number of carbonyl (C=O) groups excluding carboxylic acids is 1. The molecule has 1 amide bonds. The van der Waals surface area contributed by atoms with Crippen LogP contribution in [0.2, 0.25) is 5.02 Å². The first kappa shape index (κ1) is 14.4. The minimum Gasteiger partial charge on any atom is -0.481 e. The largest absolute Gasteiger partial charge is 0.481 e. The molecule has 7 heteroatoms. The van der Waals surface area contributed by atoms with Crippen LogP contribution in [0.25, 0.3) is 10.9 Å². The van der Waals surface area contributed by atoms with Gasteiger partial charge in [0, 0.05) is 22.0 Å². The number of primary amides is 1. The zero-order valence-electron chi connectivity index (χ0n) is 10.9. The van der Waals surface area contributed by atoms with Crippen LogP contribution in [0.4, 0.5) is 0 Å². The fraction of sp³-hybridized carbons (Fsp3) is 0.286. The second-order valence-electron chi connectivity index (χ2n) is 5.19. The molecule has 1 heterocycles. The zero-order valence-corrected chi connectivity index (χ0v) is 13.2. The molecule has 110 valence electrons. The summed E-state index contributed by atoms with van der Waals surface area (Å²) in [5.41, 5.74) is 8.20. The smallest absolute Gasteiger partial charge is 0.306 e. The van der Waals surface area contributed by atoms with Gasteiger partial charge in [-0.25, -0.2) is 0 Å². The second-order valence-corrected chi connectivity index (χ2v) is 6.39. The number of amides is 1. The van der Waals surface area contributed by atoms with E-state index in [9.17, 15) is 9.59 Å². The Morgan fingerprint density at radius 2 is 2.19 bits per heavy atom. The lowest BCUT2D eigenvalue weighted by Crippen LogP contribution is -2.21. The van der Waals surface area contributed by atoms with Crippen molar-refractivity contribution in [2.75, 3.05) is 0 Å². The maximum atomic E-state index is 11.6. The number of fused-ring (bicyclic) bond motifs is 3. The molecule has 5 nitrogen and oxygen atoms in total. The van der Waals surface area contributed by atoms with Crippen molar-refractivity contribution < 1.29 is 14.7 Å². The van der Waals surface area contributed by atoms with Crippen LogP contribution in [0.3, 0.4) is 0 Å². The number of carboxylic acids is 1. The first-order chi connectivity index (χ1) is 9.90. The molecule has 1 unspecified atom stereocenters. The minimum atomic E-state index is -0.800. The van der Waals surface area contributed by atoms with Gasteiger partial charge in [-0.15, -0.1) is 0 Å². The standard InChI is InChI=1S/C14H12BrClN2O3/c15-11-8(16)4-7(13(17)19)12-10(11)6-2-1-5(14(20)21)3-9(6)18-12/h4-5,18H,1-3H2,(H2,17,19)(H,20,21). The fourth-order valence-electron chi connectivity index (χ4n) is 2.94. The fourth-order valence-corrected chi connectivity index (χ4v) is 3.69. The van der Waals surface area contributed by atoms with Crippen molar-refractivity contribution in [2.24, 2.45) is 11.7 Å². The quantitative estimate of drug-likeness (QED) is 0.757. The van der Waals surface area contributed by atoms with Crippen LogP contribution in [-0.2, 0) is 17.6 Å². The molecule has 0 fully saturated rings. The number of carbonyl (C=O) groups is 2. The number of nitrogens with one attached hydrogen (secondary N) is 1. The van der Waals surface area contributed by atoms with Gasteiger partial charge in [0.2, 0.25) is 0 Å². The lowest BCUT2D eigenvalue weighted by Gasteiger charge is -2.18. The van der Waals surface area contributed by atoms with Gasteiger partial charge in [0.05, 0.1) is 22.0 Å². The van der Waals surface area contributed by atoms with E-state index in [1.54, 1.807) is 0 Å². The predicted molar refractivity (Wildman–Crippen MR) is 82.7 cm³/mol. The van der Waals surface area contributed by atoms with Gasteiger partial charge < -0.3 is 15.8 Å². The molecule has 3 rings (SSSR count). The summed E-state index contributed by atoms with van der Waals surface area (Å²) in [6.07, 6.45) is 1.62. The van der Waals surface area contributed by atoms with E-state index >= 15 is 0 Å². The number of aryl methyl sites for hydroxylation is 1. The average Bonchev–Trinajstić information content (AvgIpc) is 2.80. The molecule has 1 aromatic carbocycles. The van der Waals surface area contributed by atoms with Crippen LogP contribution in [0, 0.1) is 5.92 Å². The van der Waals surface area contributed by atoms with E-state index in [4.69, 9.17) is 22.4 Å². The Balaban J connectivity index is 2.27. The minimum absolute atomic E-state index is 0.319. The molecule has 0 bridgehead atoms. The number of hydrogen-bond donors (Lipinski definition) is 3. The Bertz CT molecular complexity index is 784. The Kier molecular flexibility index (Phi) is 3.45. The molecule has 4 N–H and O–H groups in total. The first-order valence-electron chi connectivity index (χ1n) is 6.44. The van der Waals surface area contributed by atoms with E-state index < -0.39 is 17.8 Å². The Morgan fingerprint density at radius 1 is 1.48 bits per heavy atom. The monoisotopic (exact) mass is 370 g/mol. The lowest BCUT2D eigenvalue weighted by atomic mass is 9.87. The summed E-state index contributed by atoms with van der Waals surface area (Å²) in [4.78, 5) is 25.9. The molecular weight excluding hydrogens is 360 g/mol. The SMILES string of the molecule is NC(=O)c1cc(Cl)c(Br)c2c3c([nH]c12)CC(C(=O)O)CC3. The highest BCUT2D eigenvalue weighted by Crippen LogP contribution is 2.40. The van der Waals surface area contributed by atoms with Gasteiger partial charge in [0.25, 0.3) is 5.91 Å². The third kappa shape index (κ3) is 2.22. The van der Waals surface area contributed by atoms with Crippen molar-refractivity contribution >= 4 is 50.3 Å². The summed E-state index contributed by atoms with van der Waals surface area (Å²) in [5.74, 6) is -1.77. The molecule has 0 radical (unpaired) electrons. The van der Waals surface area contributed by atoms with Crippen molar-refractivity contribution in [3.8, 4) is 0 Å². The lowest BCUT2D eigenvalue weighted by molar-refractivity contribution is -0.142. The third-order valence-electron chi connectivity index (χ3n) is 3.97. The van der Waals surface area contributed by atoms with Gasteiger partial charge >= 0.3 is 5.97 Å². The van der Waals surface area contributed by atoms with E-state index in [0.717, 1.165) is 16.6 Å². The molecule has 0 saturated carbocycles. The molecule has 1 atom stereocenters. The topological polar surface area (TPSA) is 96.2 Å². The third-order valence-corrected chi connectivity index (χ3v) is 5.32. The van der Waals surface area contributed by atoms with Gasteiger partial charge in [-0.2, -0.15) is 0 Å². The van der Waals surface area contributed by atoms with E-state index in [1.165, 1.54) is 6.07 Å². The Morgan fingerprint density at radius 3 is 2.81 bits per heavy atom. The molecule has 1 aromatic heterocycles. The number of benzene rings is 1. The van der Waals surface area contributed by atoms with Crippen LogP contribution in [0.5, 0.6) is 0 Å². The van der Waals surface area contributed by atoms with Crippen molar-refractivity contribution in [3.05, 3.63) is 32.4 Å². The summed E-state index contributed by atoms with van der Waals surface area (Å²) in [7, 11) is 0. The molecule has 1 aliphatic carbocycles. The predicted octanol–water partition coefficient (Wildman–Crippen LogP) is 2.87. The van der Waals surface area contributed by atoms with Gasteiger partial charge in [-0.05, 0) is 40.4 Å². The van der Waals surface area contributed by atoms with Crippen molar-refractivity contribution in [2.45, 2.75) is 19.3 Å². The maximum absolute atomic E-state index is 11.6. The summed E-state index contributed by atoms with van der Waals surface area (Å²) >= 11 is 9.60. The zero-order chi connectivity index (χ0) is 15.3. The normalized spacial score (nSPS) is 17.7.